The van der Waals surface area contributed by atoms with E-state index in [1.54, 1.807) is 6.54 Å². The molecule has 0 saturated heterocycles. The largest absolute Gasteiger partial charge is 0.375 e. The van der Waals surface area contributed by atoms with Crippen LogP contribution in [-0.4, -0.2) is 18.6 Å². The maximum Gasteiger partial charge on any atom is 0.237 e. The molecular weight excluding hydrogens is 228 g/mol. The molecular formula is C14H21N2O2. The van der Waals surface area contributed by atoms with E-state index in [-0.39, 0.29) is 11.8 Å². The smallest absolute Gasteiger partial charge is 0.237 e. The third-order valence-corrected chi connectivity index (χ3v) is 2.58. The monoisotopic (exact) mass is 249 g/mol. The van der Waals surface area contributed by atoms with Crippen LogP contribution in [-0.2, 0) is 16.1 Å². The summed E-state index contributed by atoms with van der Waals surface area (Å²) in [4.78, 5) is 11.5. The third kappa shape index (κ3) is 5.29. The molecule has 0 heterocycles. The number of nitrogens with two attached hydrogens (primary N) is 1. The second-order valence-electron chi connectivity index (χ2n) is 4.48. The van der Waals surface area contributed by atoms with Crippen LogP contribution in [0.3, 0.4) is 0 Å². The van der Waals surface area contributed by atoms with Gasteiger partial charge in [0.05, 0.1) is 25.8 Å². The van der Waals surface area contributed by atoms with Gasteiger partial charge in [0.15, 0.2) is 0 Å². The normalized spacial score (nSPS) is 12.4. The summed E-state index contributed by atoms with van der Waals surface area (Å²) in [6, 6.07) is 9.40. The first-order valence-electron chi connectivity index (χ1n) is 6.10. The molecule has 1 amide bonds. The van der Waals surface area contributed by atoms with Crippen molar-refractivity contribution in [3.05, 3.63) is 42.4 Å². The highest BCUT2D eigenvalue weighted by Crippen LogP contribution is 2.01. The Balaban J connectivity index is 2.11. The van der Waals surface area contributed by atoms with Crippen molar-refractivity contribution in [1.82, 2.24) is 5.32 Å². The highest BCUT2D eigenvalue weighted by Gasteiger charge is 2.16. The molecule has 0 spiro atoms. The molecule has 1 unspecified atom stereocenters. The van der Waals surface area contributed by atoms with E-state index in [2.05, 4.69) is 5.32 Å². The predicted molar refractivity (Wildman–Crippen MR) is 71.4 cm³/mol. The number of ether oxygens (including phenoxy) is 1. The molecule has 0 aliphatic rings. The standard InChI is InChI=1S/C14H21N2O2/c1-11(2)13(15)14(17)16-8-9-18-10-12-6-4-3-5-7-12/h3-8,11,13H,9-10,15H2,1-2H3,(H,16,17). The summed E-state index contributed by atoms with van der Waals surface area (Å²) in [5, 5.41) is 2.64. The summed E-state index contributed by atoms with van der Waals surface area (Å²) in [6.07, 6.45) is 0. The number of amides is 1. The van der Waals surface area contributed by atoms with Crippen molar-refractivity contribution in [2.75, 3.05) is 6.61 Å². The van der Waals surface area contributed by atoms with Gasteiger partial charge in [0.1, 0.15) is 0 Å². The van der Waals surface area contributed by atoms with Crippen LogP contribution in [0.4, 0.5) is 0 Å². The van der Waals surface area contributed by atoms with Gasteiger partial charge >= 0.3 is 0 Å². The number of hydrogen-bond donors (Lipinski definition) is 2. The minimum atomic E-state index is -0.477. The summed E-state index contributed by atoms with van der Waals surface area (Å²) >= 11 is 0. The Kier molecular flexibility index (Phi) is 6.39. The molecule has 1 radical (unpaired) electrons. The van der Waals surface area contributed by atoms with Gasteiger partial charge in [0.2, 0.25) is 5.91 Å². The summed E-state index contributed by atoms with van der Waals surface area (Å²) < 4.78 is 5.40. The van der Waals surface area contributed by atoms with Crippen molar-refractivity contribution in [3.63, 3.8) is 0 Å². The summed E-state index contributed by atoms with van der Waals surface area (Å²) in [7, 11) is 0. The SMILES string of the molecule is CC(C)C(N)C(=O)N[CH]COCc1ccccc1. The first-order valence-corrected chi connectivity index (χ1v) is 6.10. The summed E-state index contributed by atoms with van der Waals surface area (Å²) in [5.41, 5.74) is 6.80. The lowest BCUT2D eigenvalue weighted by molar-refractivity contribution is -0.122. The maximum absolute atomic E-state index is 11.5. The lowest BCUT2D eigenvalue weighted by atomic mass is 10.1. The molecule has 4 heteroatoms. The van der Waals surface area contributed by atoms with E-state index in [9.17, 15) is 4.79 Å². The van der Waals surface area contributed by atoms with Gasteiger partial charge in [-0.3, -0.25) is 4.79 Å². The van der Waals surface area contributed by atoms with Crippen LogP contribution in [0, 0.1) is 12.5 Å². The van der Waals surface area contributed by atoms with Crippen LogP contribution in [0.5, 0.6) is 0 Å². The van der Waals surface area contributed by atoms with Gasteiger partial charge in [-0.15, -0.1) is 0 Å². The molecule has 1 rings (SSSR count). The van der Waals surface area contributed by atoms with Crippen LogP contribution in [0.1, 0.15) is 19.4 Å². The van der Waals surface area contributed by atoms with Gasteiger partial charge in [0.25, 0.3) is 0 Å². The van der Waals surface area contributed by atoms with E-state index >= 15 is 0 Å². The zero-order chi connectivity index (χ0) is 13.4. The van der Waals surface area contributed by atoms with E-state index < -0.39 is 6.04 Å². The predicted octanol–water partition coefficient (Wildman–Crippen LogP) is 1.46. The first kappa shape index (κ1) is 14.7. The Bertz CT molecular complexity index is 352. The molecule has 0 bridgehead atoms. The molecule has 1 aromatic rings. The fourth-order valence-corrected chi connectivity index (χ4v) is 1.35. The molecule has 99 valence electrons. The van der Waals surface area contributed by atoms with Crippen molar-refractivity contribution in [2.24, 2.45) is 11.7 Å². The second-order valence-corrected chi connectivity index (χ2v) is 4.48. The van der Waals surface area contributed by atoms with Crippen molar-refractivity contribution in [1.29, 1.82) is 0 Å². The fraction of sp³-hybridized carbons (Fsp3) is 0.429. The summed E-state index contributed by atoms with van der Waals surface area (Å²) in [5.74, 6) is -0.0445. The number of rotatable bonds is 7. The minimum Gasteiger partial charge on any atom is -0.375 e. The fourth-order valence-electron chi connectivity index (χ4n) is 1.35. The number of carbonyl (C=O) groups is 1. The molecule has 0 aliphatic heterocycles. The first-order chi connectivity index (χ1) is 8.61. The van der Waals surface area contributed by atoms with Crippen LogP contribution in [0.2, 0.25) is 0 Å². The highest BCUT2D eigenvalue weighted by molar-refractivity contribution is 5.82. The van der Waals surface area contributed by atoms with Crippen LogP contribution < -0.4 is 11.1 Å². The lowest BCUT2D eigenvalue weighted by Crippen LogP contribution is -2.43. The van der Waals surface area contributed by atoms with Crippen LogP contribution in [0.25, 0.3) is 0 Å². The Morgan fingerprint density at radius 1 is 1.39 bits per heavy atom. The zero-order valence-electron chi connectivity index (χ0n) is 10.9. The van der Waals surface area contributed by atoms with Crippen molar-refractivity contribution < 1.29 is 9.53 Å². The zero-order valence-corrected chi connectivity index (χ0v) is 10.9. The van der Waals surface area contributed by atoms with Crippen molar-refractivity contribution in [2.45, 2.75) is 26.5 Å². The van der Waals surface area contributed by atoms with E-state index in [1.165, 1.54) is 0 Å². The van der Waals surface area contributed by atoms with Gasteiger partial charge < -0.3 is 15.8 Å². The van der Waals surface area contributed by atoms with Gasteiger partial charge in [-0.25, -0.2) is 0 Å². The number of carbonyl (C=O) groups excluding carboxylic acids is 1. The Labute approximate surface area is 109 Å². The van der Waals surface area contributed by atoms with Gasteiger partial charge in [0, 0.05) is 0 Å². The minimum absolute atomic E-state index is 0.128. The molecule has 4 nitrogen and oxygen atoms in total. The van der Waals surface area contributed by atoms with E-state index in [0.717, 1.165) is 5.56 Å². The van der Waals surface area contributed by atoms with Crippen LogP contribution >= 0.6 is 0 Å². The van der Waals surface area contributed by atoms with E-state index in [1.807, 2.05) is 44.2 Å². The summed E-state index contributed by atoms with van der Waals surface area (Å²) in [6.45, 7) is 6.31. The quantitative estimate of drug-likeness (QED) is 0.719. The van der Waals surface area contributed by atoms with Gasteiger partial charge in [-0.05, 0) is 11.5 Å². The lowest BCUT2D eigenvalue weighted by Gasteiger charge is -2.14. The van der Waals surface area contributed by atoms with Crippen molar-refractivity contribution in [3.8, 4) is 0 Å². The molecule has 0 saturated carbocycles. The molecule has 1 atom stereocenters. The Morgan fingerprint density at radius 3 is 2.67 bits per heavy atom. The number of benzene rings is 1. The molecule has 0 aromatic heterocycles. The Morgan fingerprint density at radius 2 is 2.06 bits per heavy atom. The average Bonchev–Trinajstić information content (AvgIpc) is 2.38. The van der Waals surface area contributed by atoms with Crippen molar-refractivity contribution >= 4 is 5.91 Å². The molecule has 1 aromatic carbocycles. The van der Waals surface area contributed by atoms with Gasteiger partial charge in [-0.2, -0.15) is 0 Å². The van der Waals surface area contributed by atoms with E-state index in [4.69, 9.17) is 10.5 Å². The molecule has 0 fully saturated rings. The second kappa shape index (κ2) is 7.84. The number of hydrogen-bond acceptors (Lipinski definition) is 3. The molecule has 18 heavy (non-hydrogen) atoms. The highest BCUT2D eigenvalue weighted by atomic mass is 16.5. The molecule has 0 aliphatic carbocycles. The average molecular weight is 249 g/mol. The maximum atomic E-state index is 11.5. The van der Waals surface area contributed by atoms with Gasteiger partial charge in [-0.1, -0.05) is 44.2 Å². The third-order valence-electron chi connectivity index (χ3n) is 2.58. The molecule has 3 N–H and O–H groups in total. The van der Waals surface area contributed by atoms with E-state index in [0.29, 0.717) is 13.2 Å². The topological polar surface area (TPSA) is 64.4 Å². The number of nitrogens with one attached hydrogen (secondary N) is 1. The van der Waals surface area contributed by atoms with Crippen LogP contribution in [0.15, 0.2) is 30.3 Å². The Hall–Kier alpha value is -1.39.